The number of benzene rings is 4. The van der Waals surface area contributed by atoms with Crippen LogP contribution in [0.4, 0.5) is 26.3 Å². The number of rotatable bonds is 3. The molecule has 0 heterocycles. The van der Waals surface area contributed by atoms with E-state index in [4.69, 9.17) is 0 Å². The van der Waals surface area contributed by atoms with Gasteiger partial charge in [-0.05, 0) is 37.0 Å². The molecule has 1 unspecified atom stereocenters. The second kappa shape index (κ2) is 18.1. The van der Waals surface area contributed by atoms with E-state index in [0.717, 1.165) is 54.9 Å². The Bertz CT molecular complexity index is 1800. The summed E-state index contributed by atoms with van der Waals surface area (Å²) in [4.78, 5) is 0. The second-order valence-electron chi connectivity index (χ2n) is 14.0. The third-order valence-electron chi connectivity index (χ3n) is 9.13. The van der Waals surface area contributed by atoms with Crippen molar-refractivity contribution in [2.45, 2.75) is 80.6 Å². The molecule has 0 aromatic heterocycles. The number of hydrogen-bond donors (Lipinski definition) is 0. The van der Waals surface area contributed by atoms with Gasteiger partial charge < -0.3 is 24.8 Å². The summed E-state index contributed by atoms with van der Waals surface area (Å²) in [7, 11) is 0. The molecule has 0 saturated carbocycles. The summed E-state index contributed by atoms with van der Waals surface area (Å²) in [5, 5.41) is 0. The van der Waals surface area contributed by atoms with Gasteiger partial charge in [-0.1, -0.05) is 77.0 Å². The monoisotopic (exact) mass is 832 g/mol. The molecule has 0 amide bonds. The first-order valence-corrected chi connectivity index (χ1v) is 17.8. The third-order valence-corrected chi connectivity index (χ3v) is 10.6. The molecule has 52 heavy (non-hydrogen) atoms. The zero-order chi connectivity index (χ0) is 37.2. The number of allylic oxidation sites excluding steroid dienone is 4. The Morgan fingerprint density at radius 3 is 1.58 bits per heavy atom. The van der Waals surface area contributed by atoms with Gasteiger partial charge in [0.2, 0.25) is 0 Å². The Morgan fingerprint density at radius 2 is 1.17 bits per heavy atom. The van der Waals surface area contributed by atoms with E-state index in [1.807, 2.05) is 0 Å². The van der Waals surface area contributed by atoms with Crippen LogP contribution < -0.4 is 24.8 Å². The third kappa shape index (κ3) is 11.4. The molecule has 4 aromatic carbocycles. The summed E-state index contributed by atoms with van der Waals surface area (Å²) in [6.07, 6.45) is 1.23. The van der Waals surface area contributed by atoms with E-state index in [1.54, 1.807) is 0 Å². The molecular formula is C43H42Cl2F6Zr-2. The molecule has 0 fully saturated rings. The molecular weight excluding hydrogens is 793 g/mol. The maximum absolute atomic E-state index is 12.5. The van der Waals surface area contributed by atoms with Crippen molar-refractivity contribution in [1.29, 1.82) is 0 Å². The van der Waals surface area contributed by atoms with Crippen molar-refractivity contribution in [3.8, 4) is 11.1 Å². The molecule has 2 aliphatic rings. The van der Waals surface area contributed by atoms with Crippen molar-refractivity contribution in [1.82, 2.24) is 0 Å². The Hall–Kier alpha value is -2.73. The van der Waals surface area contributed by atoms with E-state index in [-0.39, 0.29) is 24.8 Å². The summed E-state index contributed by atoms with van der Waals surface area (Å²) < 4.78 is 75.6. The van der Waals surface area contributed by atoms with E-state index in [0.29, 0.717) is 25.7 Å². The summed E-state index contributed by atoms with van der Waals surface area (Å²) in [6.45, 7) is 17.6. The van der Waals surface area contributed by atoms with Crippen molar-refractivity contribution in [2.75, 3.05) is 0 Å². The predicted octanol–water partition coefficient (Wildman–Crippen LogP) is 6.50. The topological polar surface area (TPSA) is 0 Å². The smallest absolute Gasteiger partial charge is 1.00 e. The first-order chi connectivity index (χ1) is 23.2. The minimum absolute atomic E-state index is 0. The first-order valence-electron chi connectivity index (χ1n) is 16.6. The molecule has 9 heteroatoms. The average molecular weight is 835 g/mol. The predicted molar refractivity (Wildman–Crippen MR) is 188 cm³/mol. The normalized spacial score (nSPS) is 14.4. The maximum Gasteiger partial charge on any atom is -1.00 e. The van der Waals surface area contributed by atoms with Gasteiger partial charge in [0.25, 0.3) is 0 Å². The summed E-state index contributed by atoms with van der Waals surface area (Å²) in [5.74, 6) is 0.573. The van der Waals surface area contributed by atoms with Gasteiger partial charge in [-0.25, -0.2) is 6.08 Å². The van der Waals surface area contributed by atoms with Crippen molar-refractivity contribution in [3.63, 3.8) is 0 Å². The molecule has 1 atom stereocenters. The van der Waals surface area contributed by atoms with Crippen molar-refractivity contribution >= 4 is 3.21 Å². The van der Waals surface area contributed by atoms with E-state index >= 15 is 0 Å². The van der Waals surface area contributed by atoms with Gasteiger partial charge in [0, 0.05) is 0 Å². The number of hydrogen-bond acceptors (Lipinski definition) is 0. The minimum Gasteiger partial charge on any atom is -1.00 e. The van der Waals surface area contributed by atoms with E-state index in [2.05, 4.69) is 97.9 Å². The zero-order valence-corrected chi connectivity index (χ0v) is 34.5. The standard InChI is InChI=1S/C17H17.C15H8F6.C11H17.2ClH.Zr/c1-10-5-14-9-15-6-11(2)13(4)8-17(15)16(14)7-12(10)3;16-14(17,18)12-5-1-10(2-6-12)9-11-3-7-13(8-4-11)15(19,20)21;1-5-9-6-7-10(8-9)11(2,3)4;;;/h5,7-8H,9H2,1-4H3;1-8H;7-9H,5H2,1-4H3;2*1H;/q-1;;-1;;;+2/p-2. The van der Waals surface area contributed by atoms with Gasteiger partial charge in [0.05, 0.1) is 0 Å². The molecule has 0 N–H and O–H groups in total. The average Bonchev–Trinajstić information content (AvgIpc) is 3.66. The largest absolute Gasteiger partial charge is 1.00 e. The SMILES string of the molecule is CCC1[C-]=CC(C(C)(C)C)=C1.Cc1[c-]c2c(cc1C)-c1cc(C)c(C)cc1C2.FC(F)(F)c1ccc([C](=[Zr+2])c2ccc(C(F)(F)F)cc2)cc1.[Cl-].[Cl-]. The summed E-state index contributed by atoms with van der Waals surface area (Å²) in [5.41, 5.74) is 12.4. The van der Waals surface area contributed by atoms with E-state index in [1.165, 1.54) is 80.8 Å². The van der Waals surface area contributed by atoms with Gasteiger partial charge in [-0.3, -0.25) is 6.08 Å². The Morgan fingerprint density at radius 1 is 0.712 bits per heavy atom. The van der Waals surface area contributed by atoms with Crippen molar-refractivity contribution in [3.05, 3.63) is 152 Å². The van der Waals surface area contributed by atoms with Crippen LogP contribution in [0, 0.1) is 51.2 Å². The number of aryl methyl sites for hydroxylation is 4. The van der Waals surface area contributed by atoms with Crippen LogP contribution in [-0.4, -0.2) is 3.21 Å². The Balaban J connectivity index is 0.000000279. The molecule has 276 valence electrons. The maximum atomic E-state index is 12.5. The van der Waals surface area contributed by atoms with Crippen LogP contribution in [0.3, 0.4) is 0 Å². The van der Waals surface area contributed by atoms with Crippen LogP contribution in [0.15, 0.2) is 84.5 Å². The van der Waals surface area contributed by atoms with Crippen molar-refractivity contribution in [2.24, 2.45) is 11.3 Å². The van der Waals surface area contributed by atoms with Gasteiger partial charge in [0.15, 0.2) is 0 Å². The molecule has 0 aliphatic heterocycles. The van der Waals surface area contributed by atoms with E-state index < -0.39 is 23.5 Å². The number of alkyl halides is 6. The first kappa shape index (κ1) is 45.4. The quantitative estimate of drug-likeness (QED) is 0.144. The van der Waals surface area contributed by atoms with Crippen LogP contribution in [0.25, 0.3) is 11.1 Å². The van der Waals surface area contributed by atoms with Crippen LogP contribution in [0.1, 0.15) is 89.8 Å². The van der Waals surface area contributed by atoms with Crippen LogP contribution in [0.5, 0.6) is 0 Å². The zero-order valence-electron chi connectivity index (χ0n) is 30.5. The van der Waals surface area contributed by atoms with Gasteiger partial charge in [-0.15, -0.1) is 11.1 Å². The van der Waals surface area contributed by atoms with Crippen LogP contribution in [-0.2, 0) is 43.0 Å². The van der Waals surface area contributed by atoms with Crippen LogP contribution >= 0.6 is 0 Å². The molecule has 0 radical (unpaired) electrons. The fourth-order valence-corrected chi connectivity index (χ4v) is 6.50. The van der Waals surface area contributed by atoms with Gasteiger partial charge in [0.1, 0.15) is 0 Å². The molecule has 0 spiro atoms. The molecule has 2 aliphatic carbocycles. The fraction of sp³-hybridized carbons (Fsp3) is 0.326. The second-order valence-corrected chi connectivity index (χ2v) is 15.2. The Labute approximate surface area is 332 Å². The molecule has 0 bridgehead atoms. The number of halogens is 8. The molecule has 6 rings (SSSR count). The molecule has 4 aromatic rings. The Kier molecular flexibility index (Phi) is 15.8. The number of fused-ring (bicyclic) bond motifs is 3. The van der Waals surface area contributed by atoms with Crippen LogP contribution in [0.2, 0.25) is 0 Å². The van der Waals surface area contributed by atoms with E-state index in [9.17, 15) is 26.3 Å². The summed E-state index contributed by atoms with van der Waals surface area (Å²) >= 11 is 0.898. The van der Waals surface area contributed by atoms with Gasteiger partial charge >= 0.3 is 137 Å². The minimum atomic E-state index is -4.41. The fourth-order valence-electron chi connectivity index (χ4n) is 5.68. The van der Waals surface area contributed by atoms with Gasteiger partial charge in [-0.2, -0.15) is 34.9 Å². The van der Waals surface area contributed by atoms with Crippen molar-refractivity contribution < 1.29 is 75.4 Å². The summed E-state index contributed by atoms with van der Waals surface area (Å²) in [6, 6.07) is 19.7. The molecule has 0 saturated heterocycles. The molecule has 0 nitrogen and oxygen atoms in total.